The molecule has 4 heteroatoms. The van der Waals surface area contributed by atoms with Crippen molar-refractivity contribution in [2.24, 2.45) is 0 Å². The van der Waals surface area contributed by atoms with E-state index in [9.17, 15) is 0 Å². The molecule has 2 aliphatic carbocycles. The topological polar surface area (TPSA) is 19.6 Å². The first kappa shape index (κ1) is 39.4. The summed E-state index contributed by atoms with van der Waals surface area (Å²) in [7, 11) is 0. The van der Waals surface area contributed by atoms with E-state index in [1.807, 2.05) is 0 Å². The van der Waals surface area contributed by atoms with Crippen LogP contribution in [0.2, 0.25) is 0 Å². The molecule has 0 spiro atoms. The number of rotatable bonds is 3. The molecule has 0 bridgehead atoms. The highest BCUT2D eigenvalue weighted by atomic mass is 16.4. The normalized spacial score (nSPS) is 18.7. The zero-order chi connectivity index (χ0) is 43.3. The van der Waals surface area contributed by atoms with Gasteiger partial charge in [-0.3, -0.25) is 4.90 Å². The van der Waals surface area contributed by atoms with E-state index < -0.39 is 0 Å². The van der Waals surface area contributed by atoms with Gasteiger partial charge in [0.15, 0.2) is 0 Å². The van der Waals surface area contributed by atoms with Gasteiger partial charge in [-0.15, -0.1) is 0 Å². The third-order valence-electron chi connectivity index (χ3n) is 15.7. The first-order chi connectivity index (χ1) is 29.3. The minimum Gasteiger partial charge on any atom is -0.440 e. The highest BCUT2D eigenvalue weighted by molar-refractivity contribution is 7.01. The smallest absolute Gasteiger partial charge is 0.257 e. The van der Waals surface area contributed by atoms with Crippen molar-refractivity contribution >= 4 is 68.4 Å². The Bertz CT molecular complexity index is 2960. The van der Waals surface area contributed by atoms with E-state index in [-0.39, 0.29) is 33.8 Å². The summed E-state index contributed by atoms with van der Waals surface area (Å²) >= 11 is 0. The Balaban J connectivity index is 1.31. The van der Waals surface area contributed by atoms with Gasteiger partial charge in [0.25, 0.3) is 6.71 Å². The molecule has 11 rings (SSSR count). The van der Waals surface area contributed by atoms with Crippen LogP contribution in [0.4, 0.5) is 34.3 Å². The number of anilines is 6. The quantitative estimate of drug-likeness (QED) is 0.166. The van der Waals surface area contributed by atoms with Gasteiger partial charge in [0.05, 0.1) is 0 Å². The van der Waals surface area contributed by atoms with E-state index in [1.165, 1.54) is 96.3 Å². The predicted molar refractivity (Wildman–Crippen MR) is 265 cm³/mol. The fraction of sp³-hybridized carbons (Fsp3) is 0.345. The Morgan fingerprint density at radius 2 is 1.05 bits per heavy atom. The Morgan fingerprint density at radius 1 is 0.484 bits per heavy atom. The van der Waals surface area contributed by atoms with Gasteiger partial charge in [-0.25, -0.2) is 0 Å². The standard InChI is InChI=1S/C58H61BN2O/c1-54(2,3)38-22-25-50-41(32-38)51-53(62-50)61(39-20-16-13-17-21-39)49-31-37(36-18-14-12-15-19-36)30-48-52(49)59(51)46-34-44-45(58(10,11)29-28-57(44,8)9)35-47(46)60(48)40-23-24-42-43(33-40)56(6,7)27-26-55(42,4)5/h12-25,30-35H,26-29H2,1-11H3. The molecule has 0 saturated carbocycles. The van der Waals surface area contributed by atoms with Gasteiger partial charge in [-0.1, -0.05) is 143 Å². The van der Waals surface area contributed by atoms with Gasteiger partial charge < -0.3 is 9.32 Å². The molecule has 0 radical (unpaired) electrons. The number of benzene rings is 6. The van der Waals surface area contributed by atoms with E-state index in [0.717, 1.165) is 30.0 Å². The molecule has 4 aliphatic rings. The molecule has 62 heavy (non-hydrogen) atoms. The average Bonchev–Trinajstić information content (AvgIpc) is 3.62. The third kappa shape index (κ3) is 5.77. The molecule has 0 N–H and O–H groups in total. The minimum absolute atomic E-state index is 0.0233. The van der Waals surface area contributed by atoms with Crippen LogP contribution in [0.25, 0.3) is 22.1 Å². The zero-order valence-corrected chi connectivity index (χ0v) is 38.8. The highest BCUT2D eigenvalue weighted by Crippen LogP contribution is 2.53. The number of para-hydroxylation sites is 1. The lowest BCUT2D eigenvalue weighted by Crippen LogP contribution is -2.61. The number of furan rings is 1. The number of hydrogen-bond donors (Lipinski definition) is 0. The van der Waals surface area contributed by atoms with E-state index >= 15 is 0 Å². The second-order valence-electron chi connectivity index (χ2n) is 22.7. The van der Waals surface area contributed by atoms with E-state index in [2.05, 4.69) is 207 Å². The van der Waals surface area contributed by atoms with Crippen LogP contribution in [0.1, 0.15) is 130 Å². The zero-order valence-electron chi connectivity index (χ0n) is 38.8. The molecule has 3 nitrogen and oxygen atoms in total. The van der Waals surface area contributed by atoms with E-state index in [1.54, 1.807) is 0 Å². The summed E-state index contributed by atoms with van der Waals surface area (Å²) in [6.07, 6.45) is 4.68. The summed E-state index contributed by atoms with van der Waals surface area (Å²) in [6.45, 7) is 26.6. The second kappa shape index (κ2) is 13.0. The fourth-order valence-corrected chi connectivity index (χ4v) is 11.7. The lowest BCUT2D eigenvalue weighted by Gasteiger charge is -2.47. The van der Waals surface area contributed by atoms with Crippen molar-refractivity contribution in [3.63, 3.8) is 0 Å². The molecule has 2 aliphatic heterocycles. The molecule has 0 atom stereocenters. The summed E-state index contributed by atoms with van der Waals surface area (Å²) in [5, 5.41) is 1.21. The maximum atomic E-state index is 7.25. The number of hydrogen-bond acceptors (Lipinski definition) is 3. The molecule has 312 valence electrons. The van der Waals surface area contributed by atoms with Crippen LogP contribution in [0, 0.1) is 0 Å². The molecular formula is C58H61BN2O. The lowest BCUT2D eigenvalue weighted by molar-refractivity contribution is 0.332. The first-order valence-electron chi connectivity index (χ1n) is 23.1. The molecule has 0 unspecified atom stereocenters. The van der Waals surface area contributed by atoms with Crippen molar-refractivity contribution in [1.29, 1.82) is 0 Å². The van der Waals surface area contributed by atoms with Gasteiger partial charge in [0, 0.05) is 39.3 Å². The maximum Gasteiger partial charge on any atom is 0.257 e. The van der Waals surface area contributed by atoms with Gasteiger partial charge in [0.1, 0.15) is 5.58 Å². The van der Waals surface area contributed by atoms with Crippen molar-refractivity contribution in [3.05, 3.63) is 149 Å². The SMILES string of the molecule is CC(C)(C)c1ccc2oc3c(c2c1)B1c2cc4c(cc2N(c2ccc5c(c2)C(C)(C)CCC5(C)C)c2cc(-c5ccccc5)cc(c21)N3c1ccccc1)C(C)(C)CCC4(C)C. The second-order valence-corrected chi connectivity index (χ2v) is 22.7. The molecule has 0 fully saturated rings. The van der Waals surface area contributed by atoms with Crippen LogP contribution in [0.15, 0.2) is 126 Å². The van der Waals surface area contributed by atoms with Crippen LogP contribution in [0.5, 0.6) is 0 Å². The van der Waals surface area contributed by atoms with Crippen molar-refractivity contribution in [2.45, 2.75) is 129 Å². The summed E-state index contributed by atoms with van der Waals surface area (Å²) in [6, 6.07) is 46.5. The Hall–Kier alpha value is -5.48. The average molecular weight is 813 g/mol. The van der Waals surface area contributed by atoms with Gasteiger partial charge in [0.2, 0.25) is 5.88 Å². The van der Waals surface area contributed by atoms with Crippen molar-refractivity contribution < 1.29 is 4.42 Å². The third-order valence-corrected chi connectivity index (χ3v) is 15.7. The van der Waals surface area contributed by atoms with E-state index in [0.29, 0.717) is 0 Å². The molecule has 1 aromatic heterocycles. The minimum atomic E-state index is -0.0540. The summed E-state index contributed by atoms with van der Waals surface area (Å²) in [5.41, 5.74) is 20.8. The number of fused-ring (bicyclic) bond motifs is 8. The van der Waals surface area contributed by atoms with Crippen molar-refractivity contribution in [3.8, 4) is 11.1 Å². The summed E-state index contributed by atoms with van der Waals surface area (Å²) in [4.78, 5) is 5.10. The maximum absolute atomic E-state index is 7.25. The molecule has 3 heterocycles. The predicted octanol–water partition coefficient (Wildman–Crippen LogP) is 14.2. The van der Waals surface area contributed by atoms with Gasteiger partial charge in [-0.2, -0.15) is 0 Å². The summed E-state index contributed by atoms with van der Waals surface area (Å²) in [5.74, 6) is 0.917. The monoisotopic (exact) mass is 812 g/mol. The molecule has 0 saturated heterocycles. The first-order valence-corrected chi connectivity index (χ1v) is 23.1. The lowest BCUT2D eigenvalue weighted by atomic mass is 9.33. The highest BCUT2D eigenvalue weighted by Gasteiger charge is 2.49. The van der Waals surface area contributed by atoms with Crippen molar-refractivity contribution in [1.82, 2.24) is 0 Å². The van der Waals surface area contributed by atoms with E-state index in [4.69, 9.17) is 4.42 Å². The van der Waals surface area contributed by atoms with Crippen LogP contribution in [0.3, 0.4) is 0 Å². The largest absolute Gasteiger partial charge is 0.440 e. The van der Waals surface area contributed by atoms with Crippen LogP contribution >= 0.6 is 0 Å². The Labute approximate surface area is 370 Å². The Kier molecular flexibility index (Phi) is 8.28. The fourth-order valence-electron chi connectivity index (χ4n) is 11.7. The van der Waals surface area contributed by atoms with Crippen LogP contribution in [-0.2, 0) is 27.1 Å². The molecule has 6 aromatic carbocycles. The van der Waals surface area contributed by atoms with Gasteiger partial charge in [-0.05, 0) is 157 Å². The molecule has 0 amide bonds. The van der Waals surface area contributed by atoms with Gasteiger partial charge >= 0.3 is 0 Å². The van der Waals surface area contributed by atoms with Crippen molar-refractivity contribution in [2.75, 3.05) is 9.80 Å². The molecular weight excluding hydrogens is 751 g/mol. The number of nitrogens with zero attached hydrogens (tertiary/aromatic N) is 2. The van der Waals surface area contributed by atoms with Crippen LogP contribution in [-0.4, -0.2) is 6.71 Å². The summed E-state index contributed by atoms with van der Waals surface area (Å²) < 4.78 is 7.25. The molecule has 7 aromatic rings. The Morgan fingerprint density at radius 3 is 1.68 bits per heavy atom. The van der Waals surface area contributed by atoms with Crippen LogP contribution < -0.4 is 26.2 Å².